The second-order valence-corrected chi connectivity index (χ2v) is 5.48. The molecule has 2 aromatic rings. The first-order valence-electron chi connectivity index (χ1n) is 7.02. The first kappa shape index (κ1) is 14.7. The number of aliphatic hydroxyl groups excluding tert-OH is 1. The Labute approximate surface area is 125 Å². The second-order valence-electron chi connectivity index (χ2n) is 5.48. The van der Waals surface area contributed by atoms with Gasteiger partial charge in [-0.2, -0.15) is 0 Å². The first-order chi connectivity index (χ1) is 10.5. The highest BCUT2D eigenvalue weighted by Crippen LogP contribution is 2.39. The van der Waals surface area contributed by atoms with Gasteiger partial charge in [0.25, 0.3) is 5.91 Å². The molecule has 3 rings (SSSR count). The molecule has 1 aliphatic rings. The third-order valence-corrected chi connectivity index (χ3v) is 3.95. The van der Waals surface area contributed by atoms with Crippen LogP contribution in [0.15, 0.2) is 41.0 Å². The van der Waals surface area contributed by atoms with E-state index >= 15 is 0 Å². The van der Waals surface area contributed by atoms with Crippen LogP contribution in [0.4, 0.5) is 8.78 Å². The molecule has 0 bridgehead atoms. The molecule has 1 aromatic carbocycles. The van der Waals surface area contributed by atoms with Crippen LogP contribution in [0.25, 0.3) is 0 Å². The Morgan fingerprint density at radius 2 is 2.09 bits per heavy atom. The predicted molar refractivity (Wildman–Crippen MR) is 74.0 cm³/mol. The molecule has 116 valence electrons. The molecule has 22 heavy (non-hydrogen) atoms. The zero-order valence-corrected chi connectivity index (χ0v) is 11.6. The van der Waals surface area contributed by atoms with Crippen molar-refractivity contribution in [2.24, 2.45) is 5.92 Å². The molecule has 1 heterocycles. The molecule has 1 aliphatic carbocycles. The van der Waals surface area contributed by atoms with Crippen molar-refractivity contribution in [3.63, 3.8) is 0 Å². The Morgan fingerprint density at radius 3 is 2.68 bits per heavy atom. The summed E-state index contributed by atoms with van der Waals surface area (Å²) in [7, 11) is 0. The van der Waals surface area contributed by atoms with Gasteiger partial charge in [-0.25, -0.2) is 8.78 Å². The summed E-state index contributed by atoms with van der Waals surface area (Å²) in [6.07, 6.45) is 1.84. The van der Waals surface area contributed by atoms with Crippen molar-refractivity contribution in [3.05, 3.63) is 59.6 Å². The SMILES string of the molecule is O=C(NC(c1ccc(F)cc1F)C1CC(O)C1)c1ccco1. The number of hydrogen-bond donors (Lipinski definition) is 2. The summed E-state index contributed by atoms with van der Waals surface area (Å²) in [6.45, 7) is 0. The Morgan fingerprint density at radius 1 is 1.32 bits per heavy atom. The molecule has 1 atom stereocenters. The highest BCUT2D eigenvalue weighted by molar-refractivity contribution is 5.91. The van der Waals surface area contributed by atoms with Crippen molar-refractivity contribution in [1.82, 2.24) is 5.32 Å². The van der Waals surface area contributed by atoms with E-state index in [1.54, 1.807) is 6.07 Å². The number of amides is 1. The molecule has 4 nitrogen and oxygen atoms in total. The molecule has 1 aromatic heterocycles. The summed E-state index contributed by atoms with van der Waals surface area (Å²) < 4.78 is 32.1. The smallest absolute Gasteiger partial charge is 0.287 e. The van der Waals surface area contributed by atoms with E-state index in [9.17, 15) is 18.7 Å². The van der Waals surface area contributed by atoms with Gasteiger partial charge in [0, 0.05) is 11.6 Å². The number of carbonyl (C=O) groups excluding carboxylic acids is 1. The van der Waals surface area contributed by atoms with Gasteiger partial charge in [-0.05, 0) is 37.0 Å². The third-order valence-electron chi connectivity index (χ3n) is 3.95. The minimum absolute atomic E-state index is 0.103. The van der Waals surface area contributed by atoms with Crippen molar-refractivity contribution < 1.29 is 23.1 Å². The molecule has 1 unspecified atom stereocenters. The molecular weight excluding hydrogens is 292 g/mol. The topological polar surface area (TPSA) is 62.5 Å². The number of furan rings is 1. The number of nitrogens with one attached hydrogen (secondary N) is 1. The Hall–Kier alpha value is -2.21. The molecule has 1 amide bonds. The summed E-state index contributed by atoms with van der Waals surface area (Å²) >= 11 is 0. The molecule has 0 radical (unpaired) electrons. The lowest BCUT2D eigenvalue weighted by atomic mass is 9.75. The summed E-state index contributed by atoms with van der Waals surface area (Å²) in [4.78, 5) is 12.1. The normalized spacial score (nSPS) is 22.0. The maximum Gasteiger partial charge on any atom is 0.287 e. The fraction of sp³-hybridized carbons (Fsp3) is 0.312. The zero-order chi connectivity index (χ0) is 15.7. The van der Waals surface area contributed by atoms with E-state index in [0.717, 1.165) is 12.1 Å². The van der Waals surface area contributed by atoms with Gasteiger partial charge in [-0.3, -0.25) is 4.79 Å². The maximum absolute atomic E-state index is 14.0. The number of carbonyl (C=O) groups is 1. The number of aliphatic hydroxyl groups is 1. The van der Waals surface area contributed by atoms with E-state index in [1.807, 2.05) is 0 Å². The summed E-state index contributed by atoms with van der Waals surface area (Å²) in [6, 6.07) is 5.71. The molecule has 0 spiro atoms. The van der Waals surface area contributed by atoms with Gasteiger partial charge in [-0.15, -0.1) is 0 Å². The van der Waals surface area contributed by atoms with Gasteiger partial charge in [0.1, 0.15) is 11.6 Å². The average Bonchev–Trinajstić information content (AvgIpc) is 2.96. The lowest BCUT2D eigenvalue weighted by Gasteiger charge is -2.38. The summed E-state index contributed by atoms with van der Waals surface area (Å²) in [5.74, 6) is -1.85. The fourth-order valence-corrected chi connectivity index (χ4v) is 2.73. The van der Waals surface area contributed by atoms with E-state index < -0.39 is 29.7 Å². The monoisotopic (exact) mass is 307 g/mol. The van der Waals surface area contributed by atoms with Crippen molar-refractivity contribution in [1.29, 1.82) is 0 Å². The number of halogens is 2. The largest absolute Gasteiger partial charge is 0.459 e. The van der Waals surface area contributed by atoms with Crippen LogP contribution in [0.1, 0.15) is 35.0 Å². The van der Waals surface area contributed by atoms with Crippen LogP contribution in [0.3, 0.4) is 0 Å². The van der Waals surface area contributed by atoms with E-state index in [4.69, 9.17) is 4.42 Å². The summed E-state index contributed by atoms with van der Waals surface area (Å²) in [5.41, 5.74) is 0.207. The van der Waals surface area contributed by atoms with Gasteiger partial charge in [0.2, 0.25) is 0 Å². The highest BCUT2D eigenvalue weighted by Gasteiger charge is 2.37. The molecule has 0 saturated heterocycles. The Kier molecular flexibility index (Phi) is 3.94. The van der Waals surface area contributed by atoms with Crippen LogP contribution in [0.5, 0.6) is 0 Å². The van der Waals surface area contributed by atoms with E-state index in [1.165, 1.54) is 18.4 Å². The van der Waals surface area contributed by atoms with Crippen LogP contribution in [-0.2, 0) is 0 Å². The lowest BCUT2D eigenvalue weighted by Crippen LogP contribution is -2.41. The standard InChI is InChI=1S/C16H15F2NO3/c17-10-3-4-12(13(18)8-10)15(9-6-11(20)7-9)19-16(21)14-2-1-5-22-14/h1-5,8-9,11,15,20H,6-7H2,(H,19,21). The van der Waals surface area contributed by atoms with Crippen LogP contribution in [0, 0.1) is 17.6 Å². The second kappa shape index (κ2) is 5.88. The van der Waals surface area contributed by atoms with Gasteiger partial charge in [0.15, 0.2) is 5.76 Å². The lowest BCUT2D eigenvalue weighted by molar-refractivity contribution is 0.0226. The number of hydrogen-bond acceptors (Lipinski definition) is 3. The predicted octanol–water partition coefficient (Wildman–Crippen LogP) is 2.80. The van der Waals surface area contributed by atoms with Crippen molar-refractivity contribution in [2.45, 2.75) is 25.0 Å². The molecule has 1 fully saturated rings. The fourth-order valence-electron chi connectivity index (χ4n) is 2.73. The van der Waals surface area contributed by atoms with Gasteiger partial charge < -0.3 is 14.8 Å². The van der Waals surface area contributed by atoms with Crippen LogP contribution in [0.2, 0.25) is 0 Å². The van der Waals surface area contributed by atoms with Crippen LogP contribution < -0.4 is 5.32 Å². The minimum atomic E-state index is -0.717. The number of benzene rings is 1. The first-order valence-corrected chi connectivity index (χ1v) is 7.02. The van der Waals surface area contributed by atoms with Gasteiger partial charge in [0.05, 0.1) is 18.4 Å². The van der Waals surface area contributed by atoms with Crippen LogP contribution in [-0.4, -0.2) is 17.1 Å². The van der Waals surface area contributed by atoms with E-state index in [2.05, 4.69) is 5.32 Å². The van der Waals surface area contributed by atoms with Gasteiger partial charge >= 0.3 is 0 Å². The average molecular weight is 307 g/mol. The molecule has 6 heteroatoms. The van der Waals surface area contributed by atoms with E-state index in [-0.39, 0.29) is 17.2 Å². The Bertz CT molecular complexity index is 666. The molecule has 2 N–H and O–H groups in total. The Balaban J connectivity index is 1.85. The quantitative estimate of drug-likeness (QED) is 0.913. The molecular formula is C16H15F2NO3. The maximum atomic E-state index is 14.0. The molecule has 0 aliphatic heterocycles. The van der Waals surface area contributed by atoms with Gasteiger partial charge in [-0.1, -0.05) is 6.07 Å². The highest BCUT2D eigenvalue weighted by atomic mass is 19.1. The van der Waals surface area contributed by atoms with Crippen molar-refractivity contribution in [3.8, 4) is 0 Å². The third kappa shape index (κ3) is 2.87. The molecule has 1 saturated carbocycles. The summed E-state index contributed by atoms with van der Waals surface area (Å²) in [5, 5.41) is 12.2. The van der Waals surface area contributed by atoms with Crippen molar-refractivity contribution in [2.75, 3.05) is 0 Å². The van der Waals surface area contributed by atoms with Crippen molar-refractivity contribution >= 4 is 5.91 Å². The minimum Gasteiger partial charge on any atom is -0.459 e. The number of rotatable bonds is 4. The van der Waals surface area contributed by atoms with Crippen LogP contribution >= 0.6 is 0 Å². The zero-order valence-electron chi connectivity index (χ0n) is 11.6. The van der Waals surface area contributed by atoms with E-state index in [0.29, 0.717) is 12.8 Å².